The first-order valence-electron chi connectivity index (χ1n) is 11.2. The van der Waals surface area contributed by atoms with Gasteiger partial charge in [-0.05, 0) is 35.9 Å². The second kappa shape index (κ2) is 8.00. The van der Waals surface area contributed by atoms with Gasteiger partial charge in [0.1, 0.15) is 11.4 Å². The lowest BCUT2D eigenvalue weighted by Crippen LogP contribution is -2.52. The van der Waals surface area contributed by atoms with Gasteiger partial charge in [0, 0.05) is 52.5 Å². The summed E-state index contributed by atoms with van der Waals surface area (Å²) in [4.78, 5) is 41.0. The predicted molar refractivity (Wildman–Crippen MR) is 130 cm³/mol. The number of fused-ring (bicyclic) bond motifs is 4. The molecule has 2 saturated heterocycles. The molecule has 35 heavy (non-hydrogen) atoms. The van der Waals surface area contributed by atoms with E-state index in [2.05, 4.69) is 10.2 Å². The maximum atomic E-state index is 14.2. The number of ketones is 1. The molecule has 3 aliphatic heterocycles. The molecule has 1 spiro atoms. The van der Waals surface area contributed by atoms with E-state index in [0.717, 1.165) is 11.1 Å². The standard InChI is InChI=1S/C26H20FN3O4S/c27-17-9-5-16(6-10-17)24(31)23-22(15-7-11-18(12-8-15)30(33)34)21-13-35-14-29(21)26(23)19-3-1-2-4-20(19)28-25(26)32/h1-12,21-23H,13-14H2,(H,28,32)/t21-,22-,23-,26+/m1/s1. The van der Waals surface area contributed by atoms with Crippen LogP contribution in [0.1, 0.15) is 27.4 Å². The number of hydrogen-bond acceptors (Lipinski definition) is 6. The molecule has 0 aromatic heterocycles. The van der Waals surface area contributed by atoms with Crippen LogP contribution in [0.25, 0.3) is 0 Å². The highest BCUT2D eigenvalue weighted by atomic mass is 32.2. The van der Waals surface area contributed by atoms with Gasteiger partial charge >= 0.3 is 0 Å². The zero-order valence-electron chi connectivity index (χ0n) is 18.4. The minimum absolute atomic E-state index is 0.0375. The lowest BCUT2D eigenvalue weighted by molar-refractivity contribution is -0.384. The maximum Gasteiger partial charge on any atom is 0.269 e. The van der Waals surface area contributed by atoms with E-state index in [1.807, 2.05) is 24.3 Å². The van der Waals surface area contributed by atoms with Crippen LogP contribution in [0.2, 0.25) is 0 Å². The molecule has 0 bridgehead atoms. The molecule has 1 amide bonds. The van der Waals surface area contributed by atoms with Crippen LogP contribution in [0, 0.1) is 21.8 Å². The van der Waals surface area contributed by atoms with Crippen LogP contribution in [0.15, 0.2) is 72.8 Å². The predicted octanol–water partition coefficient (Wildman–Crippen LogP) is 4.55. The highest BCUT2D eigenvalue weighted by Crippen LogP contribution is 2.61. The van der Waals surface area contributed by atoms with Gasteiger partial charge in [0.25, 0.3) is 5.69 Å². The number of benzene rings is 3. The van der Waals surface area contributed by atoms with Gasteiger partial charge in [-0.25, -0.2) is 4.39 Å². The number of nitro benzene ring substituents is 1. The van der Waals surface area contributed by atoms with Crippen LogP contribution >= 0.6 is 11.8 Å². The zero-order chi connectivity index (χ0) is 24.3. The SMILES string of the molecule is O=C(c1ccc(F)cc1)[C@H]1[C@H](c2ccc([N+](=O)[O-])cc2)[C@H]2CSCN2[C@]12C(=O)Nc1ccccc12. The highest BCUT2D eigenvalue weighted by molar-refractivity contribution is 7.99. The van der Waals surface area contributed by atoms with Gasteiger partial charge in [0.15, 0.2) is 5.78 Å². The fraction of sp³-hybridized carbons (Fsp3) is 0.231. The molecule has 176 valence electrons. The summed E-state index contributed by atoms with van der Waals surface area (Å²) in [6.45, 7) is 0. The summed E-state index contributed by atoms with van der Waals surface area (Å²) in [5.74, 6) is -0.856. The van der Waals surface area contributed by atoms with Crippen molar-refractivity contribution in [1.82, 2.24) is 4.90 Å². The number of halogens is 1. The van der Waals surface area contributed by atoms with E-state index in [9.17, 15) is 24.1 Å². The number of rotatable bonds is 4. The van der Waals surface area contributed by atoms with Gasteiger partial charge in [-0.15, -0.1) is 11.8 Å². The number of carbonyl (C=O) groups excluding carboxylic acids is 2. The van der Waals surface area contributed by atoms with Crippen LogP contribution in [-0.2, 0) is 10.3 Å². The zero-order valence-corrected chi connectivity index (χ0v) is 19.2. The third-order valence-corrected chi connectivity index (χ3v) is 8.47. The second-order valence-electron chi connectivity index (χ2n) is 9.03. The molecule has 1 N–H and O–H groups in total. The monoisotopic (exact) mass is 489 g/mol. The Kier molecular flexibility index (Phi) is 5.01. The third-order valence-electron chi connectivity index (χ3n) is 7.43. The number of anilines is 1. The number of amides is 1. The number of thioether (sulfide) groups is 1. The van der Waals surface area contributed by atoms with E-state index in [1.165, 1.54) is 36.4 Å². The number of Topliss-reactive ketones (excluding diaryl/α,β-unsaturated/α-hetero) is 1. The van der Waals surface area contributed by atoms with E-state index in [1.54, 1.807) is 23.9 Å². The molecule has 3 aliphatic rings. The van der Waals surface area contributed by atoms with E-state index in [-0.39, 0.29) is 29.3 Å². The molecule has 2 fully saturated rings. The molecule has 7 nitrogen and oxygen atoms in total. The smallest absolute Gasteiger partial charge is 0.269 e. The minimum Gasteiger partial charge on any atom is -0.324 e. The summed E-state index contributed by atoms with van der Waals surface area (Å²) in [5.41, 5.74) is 1.25. The third kappa shape index (κ3) is 3.08. The average Bonchev–Trinajstić information content (AvgIpc) is 3.52. The van der Waals surface area contributed by atoms with Crippen molar-refractivity contribution in [1.29, 1.82) is 0 Å². The van der Waals surface area contributed by atoms with Crippen LogP contribution in [0.3, 0.4) is 0 Å². The minimum atomic E-state index is -1.23. The molecular formula is C26H20FN3O4S. The van der Waals surface area contributed by atoms with Crippen LogP contribution in [0.4, 0.5) is 15.8 Å². The molecule has 0 unspecified atom stereocenters. The molecule has 3 aromatic carbocycles. The number of hydrogen-bond donors (Lipinski definition) is 1. The topological polar surface area (TPSA) is 92.5 Å². The molecule has 6 rings (SSSR count). The number of non-ortho nitro benzene ring substituents is 1. The molecule has 0 aliphatic carbocycles. The van der Waals surface area contributed by atoms with Crippen molar-refractivity contribution >= 4 is 34.8 Å². The Balaban J connectivity index is 1.58. The van der Waals surface area contributed by atoms with Gasteiger partial charge in [-0.2, -0.15) is 0 Å². The Morgan fingerprint density at radius 3 is 2.51 bits per heavy atom. The van der Waals surface area contributed by atoms with Crippen molar-refractivity contribution < 1.29 is 18.9 Å². The van der Waals surface area contributed by atoms with Gasteiger partial charge in [0.2, 0.25) is 5.91 Å². The summed E-state index contributed by atoms with van der Waals surface area (Å²) in [6, 6.07) is 18.9. The van der Waals surface area contributed by atoms with Crippen molar-refractivity contribution in [2.75, 3.05) is 16.9 Å². The molecule has 0 saturated carbocycles. The normalized spacial score (nSPS) is 27.0. The number of nitrogens with zero attached hydrogens (tertiary/aromatic N) is 2. The number of nitrogens with one attached hydrogen (secondary N) is 1. The number of para-hydroxylation sites is 1. The fourth-order valence-corrected chi connectivity index (χ4v) is 7.34. The Labute approximate surface area is 204 Å². The number of nitro groups is 1. The van der Waals surface area contributed by atoms with Crippen molar-refractivity contribution in [3.63, 3.8) is 0 Å². The van der Waals surface area contributed by atoms with Gasteiger partial charge in [0.05, 0.1) is 10.8 Å². The molecule has 4 atom stereocenters. The summed E-state index contributed by atoms with van der Waals surface area (Å²) in [6.07, 6.45) is 0. The summed E-state index contributed by atoms with van der Waals surface area (Å²) in [7, 11) is 0. The Morgan fingerprint density at radius 2 is 1.80 bits per heavy atom. The molecule has 3 aromatic rings. The van der Waals surface area contributed by atoms with Crippen molar-refractivity contribution in [3.05, 3.63) is 105 Å². The van der Waals surface area contributed by atoms with E-state index in [4.69, 9.17) is 0 Å². The van der Waals surface area contributed by atoms with Crippen LogP contribution < -0.4 is 5.32 Å². The molecule has 0 radical (unpaired) electrons. The molecule has 3 heterocycles. The average molecular weight is 490 g/mol. The highest BCUT2D eigenvalue weighted by Gasteiger charge is 2.69. The first kappa shape index (κ1) is 21.9. The molecular weight excluding hydrogens is 469 g/mol. The fourth-order valence-electron chi connectivity index (χ4n) is 6.02. The lowest BCUT2D eigenvalue weighted by Gasteiger charge is -2.36. The van der Waals surface area contributed by atoms with E-state index < -0.39 is 22.2 Å². The van der Waals surface area contributed by atoms with Crippen molar-refractivity contribution in [2.24, 2.45) is 5.92 Å². The van der Waals surface area contributed by atoms with Crippen LogP contribution in [0.5, 0.6) is 0 Å². The van der Waals surface area contributed by atoms with Gasteiger partial charge < -0.3 is 5.32 Å². The maximum absolute atomic E-state index is 14.2. The largest absolute Gasteiger partial charge is 0.324 e. The number of carbonyl (C=O) groups is 2. The second-order valence-corrected chi connectivity index (χ2v) is 10.0. The van der Waals surface area contributed by atoms with Crippen LogP contribution in [-0.4, -0.2) is 39.2 Å². The van der Waals surface area contributed by atoms with E-state index in [0.29, 0.717) is 22.9 Å². The lowest BCUT2D eigenvalue weighted by atomic mass is 9.69. The summed E-state index contributed by atoms with van der Waals surface area (Å²) >= 11 is 1.70. The van der Waals surface area contributed by atoms with Gasteiger partial charge in [-0.3, -0.25) is 24.6 Å². The van der Waals surface area contributed by atoms with Crippen molar-refractivity contribution in [2.45, 2.75) is 17.5 Å². The first-order chi connectivity index (χ1) is 16.9. The first-order valence-corrected chi connectivity index (χ1v) is 12.4. The summed E-state index contributed by atoms with van der Waals surface area (Å²) in [5, 5.41) is 14.2. The summed E-state index contributed by atoms with van der Waals surface area (Å²) < 4.78 is 13.7. The Hall–Kier alpha value is -3.56. The Morgan fingerprint density at radius 1 is 1.09 bits per heavy atom. The van der Waals surface area contributed by atoms with Gasteiger partial charge in [-0.1, -0.05) is 30.3 Å². The van der Waals surface area contributed by atoms with Crippen molar-refractivity contribution in [3.8, 4) is 0 Å². The quantitative estimate of drug-likeness (QED) is 0.328. The Bertz CT molecular complexity index is 1360. The van der Waals surface area contributed by atoms with E-state index >= 15 is 0 Å². The molecule has 9 heteroatoms.